The molecule has 1 fully saturated rings. The fourth-order valence-electron chi connectivity index (χ4n) is 2.88. The van der Waals surface area contributed by atoms with Crippen molar-refractivity contribution in [2.24, 2.45) is 0 Å². The zero-order valence-corrected chi connectivity index (χ0v) is 16.3. The molecule has 30 heavy (non-hydrogen) atoms. The molecule has 0 N–H and O–H groups in total. The first kappa shape index (κ1) is 19.3. The third-order valence-electron chi connectivity index (χ3n) is 4.46. The largest absolute Gasteiger partial charge is 0.472 e. The molecule has 4 rings (SSSR count). The van der Waals surface area contributed by atoms with Gasteiger partial charge in [0.1, 0.15) is 12.2 Å². The number of nitrogens with zero attached hydrogens (tertiary/aromatic N) is 5. The molecule has 0 amide bonds. The number of nitriles is 1. The van der Waals surface area contributed by atoms with Crippen LogP contribution in [0.25, 0.3) is 11.3 Å². The van der Waals surface area contributed by atoms with Crippen LogP contribution in [-0.2, 0) is 0 Å². The Balaban J connectivity index is 1.78. The molecule has 0 atom stereocenters. The van der Waals surface area contributed by atoms with E-state index in [1.165, 1.54) is 24.5 Å². The second-order valence-electron chi connectivity index (χ2n) is 6.99. The molecule has 9 heteroatoms. The number of aromatic nitrogens is 3. The van der Waals surface area contributed by atoms with Crippen molar-refractivity contribution in [2.75, 3.05) is 0 Å². The smallest absolute Gasteiger partial charge is 0.331 e. The van der Waals surface area contributed by atoms with Gasteiger partial charge in [0.15, 0.2) is 5.75 Å². The maximum absolute atomic E-state index is 11.6. The number of aryl methyl sites for hydroxylation is 2. The standard InChI is InChI=1S/C21H17N5O4/c1-12-7-13(2)24-21(29-16-3-4-16)19(12)30-20-18(26(27)28)6-5-17(25-20)15-8-14(9-22)10-23-11-15/h5-8,10-11,16H,3-4H2,1-2H3. The molecule has 0 aromatic carbocycles. The molecule has 9 nitrogen and oxygen atoms in total. The number of nitro groups is 1. The molecule has 1 aliphatic carbocycles. The van der Waals surface area contributed by atoms with Crippen LogP contribution in [0.5, 0.6) is 17.5 Å². The van der Waals surface area contributed by atoms with E-state index in [4.69, 9.17) is 14.7 Å². The van der Waals surface area contributed by atoms with Gasteiger partial charge in [0.25, 0.3) is 11.8 Å². The highest BCUT2D eigenvalue weighted by molar-refractivity contribution is 5.63. The molecule has 0 aliphatic heterocycles. The number of pyridine rings is 3. The van der Waals surface area contributed by atoms with Crippen molar-refractivity contribution in [3.63, 3.8) is 0 Å². The summed E-state index contributed by atoms with van der Waals surface area (Å²) in [5, 5.41) is 20.6. The van der Waals surface area contributed by atoms with Gasteiger partial charge in [0, 0.05) is 29.7 Å². The van der Waals surface area contributed by atoms with Crippen molar-refractivity contribution in [3.05, 3.63) is 63.6 Å². The average molecular weight is 403 g/mol. The van der Waals surface area contributed by atoms with Gasteiger partial charge in [-0.2, -0.15) is 5.26 Å². The molecular formula is C21H17N5O4. The van der Waals surface area contributed by atoms with E-state index in [0.717, 1.165) is 24.1 Å². The second kappa shape index (κ2) is 7.75. The van der Waals surface area contributed by atoms with E-state index in [0.29, 0.717) is 28.5 Å². The van der Waals surface area contributed by atoms with Crippen molar-refractivity contribution >= 4 is 5.69 Å². The van der Waals surface area contributed by atoms with Crippen LogP contribution < -0.4 is 9.47 Å². The van der Waals surface area contributed by atoms with E-state index in [1.54, 1.807) is 6.07 Å². The van der Waals surface area contributed by atoms with Crippen LogP contribution in [0.3, 0.4) is 0 Å². The van der Waals surface area contributed by atoms with Gasteiger partial charge in [-0.05, 0) is 50.5 Å². The van der Waals surface area contributed by atoms with Crippen molar-refractivity contribution in [1.29, 1.82) is 5.26 Å². The minimum absolute atomic E-state index is 0.0788. The lowest BCUT2D eigenvalue weighted by Gasteiger charge is -2.14. The Morgan fingerprint density at radius 3 is 2.67 bits per heavy atom. The third-order valence-corrected chi connectivity index (χ3v) is 4.46. The molecule has 1 saturated carbocycles. The van der Waals surface area contributed by atoms with Gasteiger partial charge < -0.3 is 9.47 Å². The van der Waals surface area contributed by atoms with Crippen molar-refractivity contribution < 1.29 is 14.4 Å². The zero-order valence-electron chi connectivity index (χ0n) is 16.3. The molecule has 3 aromatic rings. The highest BCUT2D eigenvalue weighted by Crippen LogP contribution is 2.40. The Bertz CT molecular complexity index is 1180. The summed E-state index contributed by atoms with van der Waals surface area (Å²) in [6.45, 7) is 3.66. The second-order valence-corrected chi connectivity index (χ2v) is 6.99. The van der Waals surface area contributed by atoms with Gasteiger partial charge in [-0.15, -0.1) is 0 Å². The minimum Gasteiger partial charge on any atom is -0.472 e. The number of hydrogen-bond acceptors (Lipinski definition) is 8. The minimum atomic E-state index is -0.561. The summed E-state index contributed by atoms with van der Waals surface area (Å²) < 4.78 is 11.8. The first-order valence-corrected chi connectivity index (χ1v) is 9.28. The molecule has 3 heterocycles. The van der Waals surface area contributed by atoms with E-state index in [9.17, 15) is 10.1 Å². The molecule has 0 radical (unpaired) electrons. The number of hydrogen-bond donors (Lipinski definition) is 0. The van der Waals surface area contributed by atoms with Gasteiger partial charge in [-0.3, -0.25) is 15.1 Å². The molecule has 3 aromatic heterocycles. The quantitative estimate of drug-likeness (QED) is 0.441. The van der Waals surface area contributed by atoms with Gasteiger partial charge >= 0.3 is 5.69 Å². The Labute approximate surface area is 172 Å². The van der Waals surface area contributed by atoms with Crippen LogP contribution in [0, 0.1) is 35.3 Å². The Hall–Kier alpha value is -4.06. The van der Waals surface area contributed by atoms with Gasteiger partial charge in [0.05, 0.1) is 16.2 Å². The van der Waals surface area contributed by atoms with Crippen LogP contribution >= 0.6 is 0 Å². The van der Waals surface area contributed by atoms with Crippen LogP contribution in [0.15, 0.2) is 36.7 Å². The Morgan fingerprint density at radius 2 is 1.97 bits per heavy atom. The summed E-state index contributed by atoms with van der Waals surface area (Å²) in [5.74, 6) is 0.406. The maximum atomic E-state index is 11.6. The Morgan fingerprint density at radius 1 is 1.17 bits per heavy atom. The summed E-state index contributed by atoms with van der Waals surface area (Å²) in [6.07, 6.45) is 4.90. The molecule has 0 bridgehead atoms. The highest BCUT2D eigenvalue weighted by atomic mass is 16.6. The summed E-state index contributed by atoms with van der Waals surface area (Å²) in [7, 11) is 0. The van der Waals surface area contributed by atoms with E-state index >= 15 is 0 Å². The molecule has 1 aliphatic rings. The van der Waals surface area contributed by atoms with Crippen molar-refractivity contribution in [3.8, 4) is 34.8 Å². The lowest BCUT2D eigenvalue weighted by Crippen LogP contribution is -2.05. The summed E-state index contributed by atoms with van der Waals surface area (Å²) in [4.78, 5) is 23.7. The predicted octanol–water partition coefficient (Wildman–Crippen LogP) is 4.27. The van der Waals surface area contributed by atoms with E-state index in [-0.39, 0.29) is 17.7 Å². The normalized spacial score (nSPS) is 12.8. The fraction of sp³-hybridized carbons (Fsp3) is 0.238. The zero-order chi connectivity index (χ0) is 21.3. The molecule has 0 spiro atoms. The third kappa shape index (κ3) is 4.03. The monoisotopic (exact) mass is 403 g/mol. The highest BCUT2D eigenvalue weighted by Gasteiger charge is 2.28. The Kier molecular flexibility index (Phi) is 4.98. The summed E-state index contributed by atoms with van der Waals surface area (Å²) in [6, 6.07) is 8.23. The maximum Gasteiger partial charge on any atom is 0.331 e. The number of ether oxygens (including phenoxy) is 2. The summed E-state index contributed by atoms with van der Waals surface area (Å²) >= 11 is 0. The van der Waals surface area contributed by atoms with Crippen LogP contribution in [0.2, 0.25) is 0 Å². The lowest BCUT2D eigenvalue weighted by molar-refractivity contribution is -0.386. The molecule has 150 valence electrons. The van der Waals surface area contributed by atoms with E-state index in [2.05, 4.69) is 15.0 Å². The SMILES string of the molecule is Cc1cc(C)c(Oc2nc(-c3cncc(C#N)c3)ccc2[N+](=O)[O-])c(OC2CC2)n1. The predicted molar refractivity (Wildman–Crippen MR) is 106 cm³/mol. The molecule has 0 unspecified atom stereocenters. The fourth-order valence-corrected chi connectivity index (χ4v) is 2.88. The van der Waals surface area contributed by atoms with Crippen molar-refractivity contribution in [1.82, 2.24) is 15.0 Å². The van der Waals surface area contributed by atoms with Gasteiger partial charge in [0.2, 0.25) is 0 Å². The van der Waals surface area contributed by atoms with Gasteiger partial charge in [-0.1, -0.05) is 0 Å². The van der Waals surface area contributed by atoms with E-state index < -0.39 is 4.92 Å². The van der Waals surface area contributed by atoms with Crippen LogP contribution in [0.1, 0.15) is 29.7 Å². The van der Waals surface area contributed by atoms with Crippen LogP contribution in [-0.4, -0.2) is 26.0 Å². The summed E-state index contributed by atoms with van der Waals surface area (Å²) in [5.41, 5.74) is 2.48. The molecule has 0 saturated heterocycles. The van der Waals surface area contributed by atoms with Gasteiger partial charge in [-0.25, -0.2) is 9.97 Å². The first-order chi connectivity index (χ1) is 14.4. The lowest BCUT2D eigenvalue weighted by atomic mass is 10.1. The first-order valence-electron chi connectivity index (χ1n) is 9.28. The topological polar surface area (TPSA) is 124 Å². The molecular weight excluding hydrogens is 386 g/mol. The average Bonchev–Trinajstić information content (AvgIpc) is 3.54. The number of rotatable bonds is 6. The van der Waals surface area contributed by atoms with E-state index in [1.807, 2.05) is 26.0 Å². The van der Waals surface area contributed by atoms with Crippen LogP contribution in [0.4, 0.5) is 5.69 Å². The van der Waals surface area contributed by atoms with Crippen molar-refractivity contribution in [2.45, 2.75) is 32.8 Å².